The fraction of sp³-hybridized carbons (Fsp3) is 0.438. The summed E-state index contributed by atoms with van der Waals surface area (Å²) in [4.78, 5) is 14.2. The van der Waals surface area contributed by atoms with Gasteiger partial charge in [0.1, 0.15) is 5.76 Å². The summed E-state index contributed by atoms with van der Waals surface area (Å²) in [5.74, 6) is 0.228. The first-order valence-corrected chi connectivity index (χ1v) is 7.21. The lowest BCUT2D eigenvalue weighted by Gasteiger charge is -2.24. The van der Waals surface area contributed by atoms with E-state index in [0.29, 0.717) is 17.9 Å². The van der Waals surface area contributed by atoms with E-state index in [1.165, 1.54) is 5.56 Å². The molecule has 108 valence electrons. The summed E-state index contributed by atoms with van der Waals surface area (Å²) in [5, 5.41) is -0.278. The second kappa shape index (κ2) is 5.88. The van der Waals surface area contributed by atoms with Crippen LogP contribution >= 0.6 is 11.6 Å². The predicted octanol–water partition coefficient (Wildman–Crippen LogP) is 4.08. The van der Waals surface area contributed by atoms with Crippen molar-refractivity contribution in [1.82, 2.24) is 4.98 Å². The third-order valence-electron chi connectivity index (χ3n) is 3.25. The van der Waals surface area contributed by atoms with E-state index in [2.05, 4.69) is 17.1 Å². The number of benzene rings is 1. The van der Waals surface area contributed by atoms with Crippen LogP contribution in [0.5, 0.6) is 0 Å². The summed E-state index contributed by atoms with van der Waals surface area (Å²) >= 11 is 6.45. The fourth-order valence-electron chi connectivity index (χ4n) is 2.10. The lowest BCUT2D eigenvalue weighted by molar-refractivity contribution is 0.385. The Morgan fingerprint density at radius 2 is 1.85 bits per heavy atom. The summed E-state index contributed by atoms with van der Waals surface area (Å²) in [6, 6.07) is 10.1. The summed E-state index contributed by atoms with van der Waals surface area (Å²) in [6.07, 6.45) is 1.49. The van der Waals surface area contributed by atoms with E-state index in [4.69, 9.17) is 16.0 Å². The quantitative estimate of drug-likeness (QED) is 0.863. The van der Waals surface area contributed by atoms with Gasteiger partial charge in [-0.15, -0.1) is 11.6 Å². The molecule has 2 rings (SSSR count). The first-order chi connectivity index (χ1) is 9.38. The highest BCUT2D eigenvalue weighted by atomic mass is 35.5. The maximum absolute atomic E-state index is 11.5. The molecule has 4 heteroatoms. The van der Waals surface area contributed by atoms with Crippen LogP contribution in [0.25, 0.3) is 0 Å². The maximum Gasteiger partial charge on any atom is 0.416 e. The van der Waals surface area contributed by atoms with Gasteiger partial charge in [-0.05, 0) is 17.4 Å². The molecule has 0 spiro atoms. The molecule has 0 fully saturated rings. The molecule has 0 saturated heterocycles. The third-order valence-corrected chi connectivity index (χ3v) is 4.12. The van der Waals surface area contributed by atoms with Gasteiger partial charge in [0.2, 0.25) is 0 Å². The molecule has 1 aromatic heterocycles. The molecular formula is C16H20ClNO2. The lowest BCUT2D eigenvalue weighted by Crippen LogP contribution is -2.15. The zero-order valence-corrected chi connectivity index (χ0v) is 12.8. The van der Waals surface area contributed by atoms with E-state index in [9.17, 15) is 4.79 Å². The van der Waals surface area contributed by atoms with Crippen molar-refractivity contribution in [3.63, 3.8) is 0 Å². The molecule has 0 saturated carbocycles. The molecule has 1 N–H and O–H groups in total. The van der Waals surface area contributed by atoms with Crippen LogP contribution in [0.4, 0.5) is 0 Å². The highest BCUT2D eigenvalue weighted by Crippen LogP contribution is 2.38. The van der Waals surface area contributed by atoms with Crippen molar-refractivity contribution in [2.45, 2.75) is 39.0 Å². The number of oxazole rings is 1. The topological polar surface area (TPSA) is 46.0 Å². The van der Waals surface area contributed by atoms with E-state index in [1.807, 2.05) is 39.0 Å². The van der Waals surface area contributed by atoms with Gasteiger partial charge in [0.25, 0.3) is 0 Å². The molecule has 0 aliphatic heterocycles. The second-order valence-corrected chi connectivity index (χ2v) is 6.50. The highest BCUT2D eigenvalue weighted by Gasteiger charge is 2.29. The van der Waals surface area contributed by atoms with Gasteiger partial charge in [0, 0.05) is 6.42 Å². The van der Waals surface area contributed by atoms with Crippen LogP contribution in [0, 0.1) is 5.41 Å². The second-order valence-electron chi connectivity index (χ2n) is 6.07. The maximum atomic E-state index is 11.5. The monoisotopic (exact) mass is 293 g/mol. The Hall–Kier alpha value is -1.48. The lowest BCUT2D eigenvalue weighted by atomic mass is 9.89. The molecule has 1 unspecified atom stereocenters. The minimum absolute atomic E-state index is 0.143. The van der Waals surface area contributed by atoms with Crippen molar-refractivity contribution in [1.29, 1.82) is 0 Å². The number of aryl methyl sites for hydroxylation is 2. The van der Waals surface area contributed by atoms with Crippen molar-refractivity contribution in [2.75, 3.05) is 0 Å². The number of hydrogen-bond donors (Lipinski definition) is 1. The summed E-state index contributed by atoms with van der Waals surface area (Å²) in [6.45, 7) is 6.12. The molecule has 0 amide bonds. The first-order valence-electron chi connectivity index (χ1n) is 6.78. The van der Waals surface area contributed by atoms with Gasteiger partial charge in [-0.25, -0.2) is 4.79 Å². The SMILES string of the molecule is CC(C)(C)C(Cl)c1[nH]c(=O)oc1CCc1ccccc1. The van der Waals surface area contributed by atoms with Gasteiger partial charge in [-0.1, -0.05) is 51.1 Å². The Morgan fingerprint density at radius 1 is 1.20 bits per heavy atom. The van der Waals surface area contributed by atoms with Gasteiger partial charge in [-0.2, -0.15) is 0 Å². The largest absolute Gasteiger partial charge is 0.416 e. The zero-order chi connectivity index (χ0) is 14.8. The van der Waals surface area contributed by atoms with Gasteiger partial charge in [0.05, 0.1) is 11.1 Å². The number of halogens is 1. The van der Waals surface area contributed by atoms with Crippen molar-refractivity contribution in [3.05, 3.63) is 57.9 Å². The van der Waals surface area contributed by atoms with Crippen molar-refractivity contribution in [2.24, 2.45) is 5.41 Å². The summed E-state index contributed by atoms with van der Waals surface area (Å²) < 4.78 is 5.26. The first kappa shape index (κ1) is 14.9. The van der Waals surface area contributed by atoms with Crippen LogP contribution in [0.1, 0.15) is 43.2 Å². The van der Waals surface area contributed by atoms with Crippen molar-refractivity contribution >= 4 is 11.6 Å². The third kappa shape index (κ3) is 3.54. The van der Waals surface area contributed by atoms with E-state index in [1.54, 1.807) is 0 Å². The molecule has 1 aromatic carbocycles. The molecule has 0 aliphatic rings. The van der Waals surface area contributed by atoms with Crippen LogP contribution in [0.3, 0.4) is 0 Å². The minimum atomic E-state index is -0.432. The number of nitrogens with one attached hydrogen (secondary N) is 1. The Bertz CT molecular complexity index is 607. The Kier molecular flexibility index (Phi) is 4.39. The van der Waals surface area contributed by atoms with Crippen molar-refractivity contribution in [3.8, 4) is 0 Å². The zero-order valence-electron chi connectivity index (χ0n) is 12.1. The van der Waals surface area contributed by atoms with Gasteiger partial charge < -0.3 is 4.42 Å². The molecule has 2 aromatic rings. The minimum Gasteiger partial charge on any atom is -0.413 e. The van der Waals surface area contributed by atoms with Gasteiger partial charge in [0.15, 0.2) is 0 Å². The van der Waals surface area contributed by atoms with Crippen LogP contribution in [0.2, 0.25) is 0 Å². The molecular weight excluding hydrogens is 274 g/mol. The Morgan fingerprint density at radius 3 is 2.45 bits per heavy atom. The summed E-state index contributed by atoms with van der Waals surface area (Å²) in [7, 11) is 0. The van der Waals surface area contributed by atoms with Gasteiger partial charge in [-0.3, -0.25) is 4.98 Å². The average Bonchev–Trinajstić information content (AvgIpc) is 2.76. The number of H-pyrrole nitrogens is 1. The normalized spacial score (nSPS) is 13.4. The Balaban J connectivity index is 2.18. The average molecular weight is 294 g/mol. The van der Waals surface area contributed by atoms with Crippen LogP contribution in [-0.4, -0.2) is 4.98 Å². The van der Waals surface area contributed by atoms with E-state index in [-0.39, 0.29) is 10.8 Å². The fourth-order valence-corrected chi connectivity index (χ4v) is 2.27. The van der Waals surface area contributed by atoms with Crippen molar-refractivity contribution < 1.29 is 4.42 Å². The van der Waals surface area contributed by atoms with Crippen LogP contribution < -0.4 is 5.76 Å². The number of hydrogen-bond acceptors (Lipinski definition) is 2. The van der Waals surface area contributed by atoms with E-state index < -0.39 is 5.76 Å². The molecule has 1 atom stereocenters. The predicted molar refractivity (Wildman–Crippen MR) is 81.2 cm³/mol. The molecule has 1 heterocycles. The van der Waals surface area contributed by atoms with E-state index >= 15 is 0 Å². The number of aromatic nitrogens is 1. The number of rotatable bonds is 4. The smallest absolute Gasteiger partial charge is 0.413 e. The number of alkyl halides is 1. The molecule has 0 bridgehead atoms. The Labute approximate surface area is 124 Å². The molecule has 20 heavy (non-hydrogen) atoms. The van der Waals surface area contributed by atoms with Crippen LogP contribution in [-0.2, 0) is 12.8 Å². The standard InChI is InChI=1S/C16H20ClNO2/c1-16(2,3)14(17)13-12(20-15(19)18-13)10-9-11-7-5-4-6-8-11/h4-8,14H,9-10H2,1-3H3,(H,18,19). The molecule has 3 nitrogen and oxygen atoms in total. The molecule has 0 aliphatic carbocycles. The number of aromatic amines is 1. The van der Waals surface area contributed by atoms with E-state index in [0.717, 1.165) is 6.42 Å². The highest BCUT2D eigenvalue weighted by molar-refractivity contribution is 6.21. The van der Waals surface area contributed by atoms with Gasteiger partial charge >= 0.3 is 5.76 Å². The van der Waals surface area contributed by atoms with Crippen LogP contribution in [0.15, 0.2) is 39.5 Å². The summed E-state index contributed by atoms with van der Waals surface area (Å²) in [5.41, 5.74) is 1.78. The molecule has 0 radical (unpaired) electrons.